The lowest BCUT2D eigenvalue weighted by molar-refractivity contribution is -0.142. The van der Waals surface area contributed by atoms with Crippen LogP contribution >= 0.6 is 0 Å². The molecule has 9 N–H and O–H groups in total. The van der Waals surface area contributed by atoms with E-state index >= 15 is 0 Å². The number of aliphatic hydroxyl groups is 2. The second-order valence-electron chi connectivity index (χ2n) is 8.19. The van der Waals surface area contributed by atoms with E-state index in [0.717, 1.165) is 10.9 Å². The summed E-state index contributed by atoms with van der Waals surface area (Å²) in [6.07, 6.45) is -0.855. The topological polar surface area (TPSA) is 207 Å². The number of carboxylic acid groups (broad SMARTS) is 1. The Morgan fingerprint density at radius 2 is 1.59 bits per heavy atom. The van der Waals surface area contributed by atoms with Crippen LogP contribution in [0.1, 0.15) is 26.3 Å². The first-order chi connectivity index (χ1) is 15.9. The summed E-state index contributed by atoms with van der Waals surface area (Å²) >= 11 is 0. The van der Waals surface area contributed by atoms with Crippen molar-refractivity contribution >= 4 is 34.6 Å². The molecule has 0 saturated carbocycles. The molecule has 0 spiro atoms. The number of carbonyl (C=O) groups excluding carboxylic acids is 3. The Morgan fingerprint density at radius 1 is 0.941 bits per heavy atom. The Morgan fingerprint density at radius 3 is 2.18 bits per heavy atom. The third-order valence-corrected chi connectivity index (χ3v) is 5.35. The fraction of sp³-hybridized carbons (Fsp3) is 0.455. The van der Waals surface area contributed by atoms with E-state index in [0.29, 0.717) is 5.56 Å². The molecule has 1 heterocycles. The van der Waals surface area contributed by atoms with Gasteiger partial charge >= 0.3 is 5.97 Å². The monoisotopic (exact) mass is 477 g/mol. The van der Waals surface area contributed by atoms with Crippen LogP contribution in [0.15, 0.2) is 30.5 Å². The third kappa shape index (κ3) is 6.76. The van der Waals surface area contributed by atoms with Crippen LogP contribution in [-0.2, 0) is 25.6 Å². The molecular weight excluding hydrogens is 446 g/mol. The lowest BCUT2D eigenvalue weighted by atomic mass is 10.0. The summed E-state index contributed by atoms with van der Waals surface area (Å²) in [5, 5.41) is 36.5. The molecule has 0 aliphatic rings. The van der Waals surface area contributed by atoms with Crippen molar-refractivity contribution < 1.29 is 34.5 Å². The van der Waals surface area contributed by atoms with E-state index in [1.54, 1.807) is 6.20 Å². The Hall–Kier alpha value is -3.48. The van der Waals surface area contributed by atoms with Gasteiger partial charge in [0.1, 0.15) is 24.2 Å². The van der Waals surface area contributed by atoms with Gasteiger partial charge in [-0.05, 0) is 32.4 Å². The summed E-state index contributed by atoms with van der Waals surface area (Å²) in [4.78, 5) is 52.2. The second-order valence-corrected chi connectivity index (χ2v) is 8.19. The predicted molar refractivity (Wildman–Crippen MR) is 122 cm³/mol. The SMILES string of the molecule is CC(NC(=O)C(NC(=O)C(Cc1c[nH]c2ccccc12)NC(=O)C(N)C(C)O)C(C)O)C(=O)O. The molecule has 0 aliphatic heterocycles. The third-order valence-electron chi connectivity index (χ3n) is 5.35. The quantitative estimate of drug-likeness (QED) is 0.188. The molecule has 34 heavy (non-hydrogen) atoms. The molecule has 1 aromatic heterocycles. The molecule has 0 fully saturated rings. The van der Waals surface area contributed by atoms with Gasteiger partial charge in [-0.2, -0.15) is 0 Å². The Balaban J connectivity index is 2.28. The van der Waals surface area contributed by atoms with Crippen LogP contribution in [0.5, 0.6) is 0 Å². The van der Waals surface area contributed by atoms with Gasteiger partial charge in [0.2, 0.25) is 17.7 Å². The first kappa shape index (κ1) is 26.8. The van der Waals surface area contributed by atoms with Crippen molar-refractivity contribution in [3.05, 3.63) is 36.0 Å². The van der Waals surface area contributed by atoms with Crippen molar-refractivity contribution in [2.24, 2.45) is 5.73 Å². The summed E-state index contributed by atoms with van der Waals surface area (Å²) in [5.41, 5.74) is 7.20. The zero-order valence-electron chi connectivity index (χ0n) is 19.1. The number of aliphatic hydroxyl groups excluding tert-OH is 2. The molecule has 6 unspecified atom stereocenters. The van der Waals surface area contributed by atoms with Gasteiger partial charge in [0.15, 0.2) is 0 Å². The molecule has 2 aromatic rings. The Labute approximate surface area is 195 Å². The molecule has 0 bridgehead atoms. The van der Waals surface area contributed by atoms with Crippen molar-refractivity contribution in [2.45, 2.75) is 63.6 Å². The van der Waals surface area contributed by atoms with Gasteiger partial charge < -0.3 is 42.0 Å². The number of fused-ring (bicyclic) bond motifs is 1. The van der Waals surface area contributed by atoms with E-state index in [4.69, 9.17) is 10.8 Å². The van der Waals surface area contributed by atoms with Gasteiger partial charge in [-0.15, -0.1) is 0 Å². The van der Waals surface area contributed by atoms with E-state index in [9.17, 15) is 29.4 Å². The highest BCUT2D eigenvalue weighted by molar-refractivity contribution is 5.95. The zero-order valence-corrected chi connectivity index (χ0v) is 19.1. The average molecular weight is 478 g/mol. The van der Waals surface area contributed by atoms with Crippen LogP contribution in [0.3, 0.4) is 0 Å². The number of nitrogens with two attached hydrogens (primary N) is 1. The van der Waals surface area contributed by atoms with Crippen LogP contribution in [0, 0.1) is 0 Å². The van der Waals surface area contributed by atoms with Crippen LogP contribution < -0.4 is 21.7 Å². The number of benzene rings is 1. The fourth-order valence-corrected chi connectivity index (χ4v) is 3.24. The number of para-hydroxylation sites is 1. The molecule has 2 rings (SSSR count). The number of hydrogen-bond acceptors (Lipinski definition) is 7. The first-order valence-electron chi connectivity index (χ1n) is 10.7. The van der Waals surface area contributed by atoms with E-state index in [-0.39, 0.29) is 6.42 Å². The zero-order chi connectivity index (χ0) is 25.6. The van der Waals surface area contributed by atoms with Gasteiger partial charge in [-0.3, -0.25) is 19.2 Å². The van der Waals surface area contributed by atoms with E-state index in [2.05, 4.69) is 20.9 Å². The molecule has 0 saturated heterocycles. The number of nitrogens with one attached hydrogen (secondary N) is 4. The van der Waals surface area contributed by atoms with Gasteiger partial charge in [0.05, 0.1) is 12.2 Å². The normalized spacial score (nSPS) is 16.5. The van der Waals surface area contributed by atoms with Crippen LogP contribution in [0.2, 0.25) is 0 Å². The minimum atomic E-state index is -1.48. The van der Waals surface area contributed by atoms with Crippen LogP contribution in [0.4, 0.5) is 0 Å². The van der Waals surface area contributed by atoms with Gasteiger partial charge in [-0.25, -0.2) is 0 Å². The molecule has 12 heteroatoms. The molecule has 0 aliphatic carbocycles. The number of H-pyrrole nitrogens is 1. The number of carboxylic acids is 1. The second kappa shape index (κ2) is 11.6. The molecule has 186 valence electrons. The highest BCUT2D eigenvalue weighted by Crippen LogP contribution is 2.19. The molecular formula is C22H31N5O7. The first-order valence-corrected chi connectivity index (χ1v) is 10.7. The number of aliphatic carboxylic acids is 1. The standard InChI is InChI=1S/C22H31N5O7/c1-10(22(33)34)25-21(32)18(12(3)29)27-19(30)16(26-20(31)17(23)11(2)28)8-13-9-24-15-7-5-4-6-14(13)15/h4-7,9-12,16-18,24,28-29H,8,23H2,1-3H3,(H,25,32)(H,26,31)(H,27,30)(H,33,34). The predicted octanol–water partition coefficient (Wildman–Crippen LogP) is -1.64. The number of hydrogen-bond donors (Lipinski definition) is 8. The minimum Gasteiger partial charge on any atom is -0.480 e. The van der Waals surface area contributed by atoms with Crippen molar-refractivity contribution in [3.8, 4) is 0 Å². The van der Waals surface area contributed by atoms with Crippen molar-refractivity contribution in [1.82, 2.24) is 20.9 Å². The molecule has 3 amide bonds. The maximum atomic E-state index is 13.1. The van der Waals surface area contributed by atoms with Gasteiger partial charge in [0, 0.05) is 23.5 Å². The number of aromatic nitrogens is 1. The summed E-state index contributed by atoms with van der Waals surface area (Å²) in [6.45, 7) is 3.82. The van der Waals surface area contributed by atoms with Crippen LogP contribution in [0.25, 0.3) is 10.9 Å². The van der Waals surface area contributed by atoms with E-state index in [1.165, 1.54) is 20.8 Å². The number of amides is 3. The summed E-state index contributed by atoms with van der Waals surface area (Å²) in [6, 6.07) is 2.06. The summed E-state index contributed by atoms with van der Waals surface area (Å²) in [7, 11) is 0. The molecule has 1 aromatic carbocycles. The Bertz CT molecular complexity index is 1040. The van der Waals surface area contributed by atoms with E-state index < -0.39 is 60.1 Å². The molecule has 6 atom stereocenters. The highest BCUT2D eigenvalue weighted by atomic mass is 16.4. The molecule has 0 radical (unpaired) electrons. The van der Waals surface area contributed by atoms with Crippen molar-refractivity contribution in [2.75, 3.05) is 0 Å². The van der Waals surface area contributed by atoms with Crippen molar-refractivity contribution in [1.29, 1.82) is 0 Å². The average Bonchev–Trinajstić information content (AvgIpc) is 3.18. The van der Waals surface area contributed by atoms with Gasteiger partial charge in [0.25, 0.3) is 0 Å². The summed E-state index contributed by atoms with van der Waals surface area (Å²) < 4.78 is 0. The smallest absolute Gasteiger partial charge is 0.325 e. The lowest BCUT2D eigenvalue weighted by Gasteiger charge is -2.26. The lowest BCUT2D eigenvalue weighted by Crippen LogP contribution is -2.60. The number of carbonyl (C=O) groups is 4. The van der Waals surface area contributed by atoms with Crippen LogP contribution in [-0.4, -0.2) is 80.4 Å². The highest BCUT2D eigenvalue weighted by Gasteiger charge is 2.32. The largest absolute Gasteiger partial charge is 0.480 e. The van der Waals surface area contributed by atoms with Gasteiger partial charge in [-0.1, -0.05) is 18.2 Å². The maximum Gasteiger partial charge on any atom is 0.325 e. The summed E-state index contributed by atoms with van der Waals surface area (Å²) in [5.74, 6) is -3.79. The Kier molecular flexibility index (Phi) is 9.12. The van der Waals surface area contributed by atoms with E-state index in [1.807, 2.05) is 24.3 Å². The number of rotatable bonds is 11. The van der Waals surface area contributed by atoms with Crippen molar-refractivity contribution in [3.63, 3.8) is 0 Å². The maximum absolute atomic E-state index is 13.1. The number of aromatic amines is 1. The fourth-order valence-electron chi connectivity index (χ4n) is 3.24. The molecule has 12 nitrogen and oxygen atoms in total. The minimum absolute atomic E-state index is 0.00773.